The van der Waals surface area contributed by atoms with Gasteiger partial charge in [-0.1, -0.05) is 5.92 Å². The number of rotatable bonds is 3. The van der Waals surface area contributed by atoms with E-state index in [4.69, 9.17) is 11.6 Å². The number of hydrogen-bond acceptors (Lipinski definition) is 2. The van der Waals surface area contributed by atoms with Crippen molar-refractivity contribution in [3.8, 4) is 11.3 Å². The van der Waals surface area contributed by atoms with E-state index in [0.717, 1.165) is 0 Å². The van der Waals surface area contributed by atoms with Gasteiger partial charge in [-0.05, 0) is 18.5 Å². The van der Waals surface area contributed by atoms with Crippen molar-refractivity contribution in [2.24, 2.45) is 5.92 Å². The van der Waals surface area contributed by atoms with Gasteiger partial charge in [-0.2, -0.15) is 0 Å². The summed E-state index contributed by atoms with van der Waals surface area (Å²) in [6.45, 7) is 3.35. The van der Waals surface area contributed by atoms with Crippen LogP contribution in [0.15, 0.2) is 0 Å². The minimum absolute atomic E-state index is 0.0102. The van der Waals surface area contributed by atoms with Crippen molar-refractivity contribution in [3.05, 3.63) is 0 Å². The molecule has 0 aliphatic rings. The summed E-state index contributed by atoms with van der Waals surface area (Å²) in [5.41, 5.74) is 0. The zero-order valence-corrected chi connectivity index (χ0v) is 5.73. The van der Waals surface area contributed by atoms with Gasteiger partial charge < -0.3 is 4.74 Å². The van der Waals surface area contributed by atoms with Gasteiger partial charge >= 0.3 is 6.47 Å². The third kappa shape index (κ3) is 5.19. The first kappa shape index (κ1) is 8.32. The molecule has 0 saturated carbocycles. The molecule has 0 aromatic heterocycles. The Morgan fingerprint density at radius 2 is 2.44 bits per heavy atom. The van der Waals surface area contributed by atoms with E-state index in [0.29, 0.717) is 0 Å². The van der Waals surface area contributed by atoms with Crippen LogP contribution in [0.4, 0.5) is 0 Å². The second-order valence-electron chi connectivity index (χ2n) is 1.53. The Balaban J connectivity index is 3.33. The average Bonchev–Trinajstić information content (AvgIpc) is 1.85. The minimum atomic E-state index is -0.0102. The lowest BCUT2D eigenvalue weighted by Gasteiger charge is -1.97. The van der Waals surface area contributed by atoms with Crippen molar-refractivity contribution in [2.75, 3.05) is 6.61 Å². The predicted molar refractivity (Wildman–Crippen MR) is 34.4 cm³/mol. The molecule has 0 heterocycles. The molecule has 0 spiro atoms. The van der Waals surface area contributed by atoms with E-state index in [9.17, 15) is 4.79 Å². The molecule has 0 aliphatic carbocycles. The first-order chi connectivity index (χ1) is 4.31. The lowest BCUT2D eigenvalue weighted by Crippen LogP contribution is -2.01. The van der Waals surface area contributed by atoms with Crippen molar-refractivity contribution in [1.29, 1.82) is 0 Å². The maximum atomic E-state index is 9.49. The Kier molecular flexibility index (Phi) is 5.04. The van der Waals surface area contributed by atoms with Crippen LogP contribution in [0.3, 0.4) is 0 Å². The number of ether oxygens (including phenoxy) is 1. The Bertz CT molecular complexity index is 134. The fraction of sp³-hybridized carbons (Fsp3) is 0.500. The molecule has 0 bridgehead atoms. The van der Waals surface area contributed by atoms with E-state index in [-0.39, 0.29) is 12.5 Å². The molecule has 0 aromatic carbocycles. The van der Waals surface area contributed by atoms with Crippen LogP contribution in [-0.4, -0.2) is 13.1 Å². The fourth-order valence-corrected chi connectivity index (χ4v) is 0.480. The fourth-order valence-electron chi connectivity index (χ4n) is 0.294. The van der Waals surface area contributed by atoms with Crippen LogP contribution in [-0.2, 0) is 9.53 Å². The molecule has 49 valence electrons. The monoisotopic (exact) mass is 145 g/mol. The summed E-state index contributed by atoms with van der Waals surface area (Å²) in [7, 11) is 0. The van der Waals surface area contributed by atoms with Crippen molar-refractivity contribution in [1.82, 2.24) is 0 Å². The third-order valence-corrected chi connectivity index (χ3v) is 0.802. The average molecular weight is 146 g/mol. The number of carbonyl (C=O) groups excluding carboxylic acids is 1. The normalized spacial score (nSPS) is 10.9. The molecule has 1 unspecified atom stereocenters. The lowest BCUT2D eigenvalue weighted by molar-refractivity contribution is 0.255. The summed E-state index contributed by atoms with van der Waals surface area (Å²) in [4.78, 5) is 9.49. The standard InChI is InChI=1S/C6H6ClO2/c1-6(2-3-7)4-9-5-8/h6H,4H2,1H3. The highest BCUT2D eigenvalue weighted by molar-refractivity contribution is 6.30. The molecule has 9 heavy (non-hydrogen) atoms. The summed E-state index contributed by atoms with van der Waals surface area (Å²) in [5.74, 6) is 2.58. The van der Waals surface area contributed by atoms with Crippen LogP contribution in [0.5, 0.6) is 0 Å². The van der Waals surface area contributed by atoms with Gasteiger partial charge in [-0.25, -0.2) is 4.79 Å². The maximum Gasteiger partial charge on any atom is 0.417 e. The smallest absolute Gasteiger partial charge is 0.417 e. The second kappa shape index (κ2) is 5.46. The van der Waals surface area contributed by atoms with E-state index < -0.39 is 0 Å². The highest BCUT2D eigenvalue weighted by Crippen LogP contribution is 1.91. The molecule has 3 heteroatoms. The topological polar surface area (TPSA) is 26.3 Å². The van der Waals surface area contributed by atoms with E-state index in [1.54, 1.807) is 6.92 Å². The molecule has 1 atom stereocenters. The highest BCUT2D eigenvalue weighted by atomic mass is 35.5. The third-order valence-electron chi connectivity index (χ3n) is 0.693. The Hall–Kier alpha value is -0.680. The quantitative estimate of drug-likeness (QED) is 0.552. The largest absolute Gasteiger partial charge is 0.456 e. The molecule has 0 amide bonds. The maximum absolute atomic E-state index is 9.49. The van der Waals surface area contributed by atoms with Crippen molar-refractivity contribution >= 4 is 18.1 Å². The molecule has 0 saturated heterocycles. The lowest BCUT2D eigenvalue weighted by atomic mass is 10.2. The van der Waals surface area contributed by atoms with E-state index in [1.165, 1.54) is 6.47 Å². The van der Waals surface area contributed by atoms with Gasteiger partial charge in [0.2, 0.25) is 0 Å². The van der Waals surface area contributed by atoms with Crippen LogP contribution >= 0.6 is 11.6 Å². The summed E-state index contributed by atoms with van der Waals surface area (Å²) >= 11 is 5.06. The van der Waals surface area contributed by atoms with Gasteiger partial charge in [0.1, 0.15) is 6.61 Å². The van der Waals surface area contributed by atoms with Crippen LogP contribution in [0.2, 0.25) is 0 Å². The predicted octanol–water partition coefficient (Wildman–Crippen LogP) is 0.906. The van der Waals surface area contributed by atoms with Gasteiger partial charge in [0, 0.05) is 5.38 Å². The first-order valence-electron chi connectivity index (χ1n) is 2.41. The van der Waals surface area contributed by atoms with Crippen LogP contribution < -0.4 is 0 Å². The van der Waals surface area contributed by atoms with Gasteiger partial charge in [0.25, 0.3) is 0 Å². The molecule has 1 radical (unpaired) electrons. The van der Waals surface area contributed by atoms with Crippen molar-refractivity contribution < 1.29 is 9.53 Å². The minimum Gasteiger partial charge on any atom is -0.456 e. The van der Waals surface area contributed by atoms with Gasteiger partial charge in [0.05, 0.1) is 5.92 Å². The molecular formula is C6H6ClO2. The van der Waals surface area contributed by atoms with Gasteiger partial charge in [-0.15, -0.1) is 0 Å². The van der Waals surface area contributed by atoms with E-state index in [1.807, 2.05) is 0 Å². The van der Waals surface area contributed by atoms with Crippen LogP contribution in [0.25, 0.3) is 0 Å². The molecule has 2 nitrogen and oxygen atoms in total. The van der Waals surface area contributed by atoms with Gasteiger partial charge in [0.15, 0.2) is 0 Å². The Morgan fingerprint density at radius 3 is 2.89 bits per heavy atom. The van der Waals surface area contributed by atoms with Gasteiger partial charge in [-0.3, -0.25) is 0 Å². The first-order valence-corrected chi connectivity index (χ1v) is 2.79. The Morgan fingerprint density at radius 1 is 1.78 bits per heavy atom. The number of halogens is 1. The molecule has 0 rings (SSSR count). The second-order valence-corrected chi connectivity index (χ2v) is 1.72. The zero-order chi connectivity index (χ0) is 7.11. The summed E-state index contributed by atoms with van der Waals surface area (Å²) < 4.78 is 4.28. The molecule has 0 aromatic rings. The molecule has 0 aliphatic heterocycles. The molecular weight excluding hydrogens is 140 g/mol. The summed E-state index contributed by atoms with van der Waals surface area (Å²) in [6, 6.07) is 0. The molecule has 0 N–H and O–H groups in total. The summed E-state index contributed by atoms with van der Waals surface area (Å²) in [6.07, 6.45) is 0. The molecule has 0 fully saturated rings. The van der Waals surface area contributed by atoms with Crippen molar-refractivity contribution in [2.45, 2.75) is 6.92 Å². The Labute approximate surface area is 59.1 Å². The number of hydrogen-bond donors (Lipinski definition) is 0. The van der Waals surface area contributed by atoms with E-state index in [2.05, 4.69) is 16.0 Å². The van der Waals surface area contributed by atoms with Crippen LogP contribution in [0, 0.1) is 17.2 Å². The van der Waals surface area contributed by atoms with Crippen LogP contribution in [0.1, 0.15) is 6.92 Å². The highest BCUT2D eigenvalue weighted by Gasteiger charge is 1.94. The summed E-state index contributed by atoms with van der Waals surface area (Å²) in [5, 5.41) is 2.19. The SMILES string of the molecule is CC(C#CCl)CO[C]=O. The zero-order valence-electron chi connectivity index (χ0n) is 4.98. The van der Waals surface area contributed by atoms with E-state index >= 15 is 0 Å². The van der Waals surface area contributed by atoms with Crippen molar-refractivity contribution in [3.63, 3.8) is 0 Å².